The van der Waals surface area contributed by atoms with Gasteiger partial charge in [0, 0.05) is 12.0 Å². The summed E-state index contributed by atoms with van der Waals surface area (Å²) in [6.45, 7) is 0. The number of hydrogen-bond donors (Lipinski definition) is 1. The molecule has 3 heteroatoms. The van der Waals surface area contributed by atoms with Crippen LogP contribution in [0, 0.1) is 0 Å². The SMILES string of the molecule is O=C(O)c1c(Cc2ccccc2)ccc2c1Cc1ccccc1O2. The van der Waals surface area contributed by atoms with Crippen LogP contribution in [0.5, 0.6) is 11.5 Å². The van der Waals surface area contributed by atoms with Crippen LogP contribution in [-0.4, -0.2) is 11.1 Å². The first-order chi connectivity index (χ1) is 11.7. The molecule has 0 atom stereocenters. The summed E-state index contributed by atoms with van der Waals surface area (Å²) in [7, 11) is 0. The highest BCUT2D eigenvalue weighted by atomic mass is 16.5. The van der Waals surface area contributed by atoms with Gasteiger partial charge in [0.25, 0.3) is 0 Å². The second-order valence-electron chi connectivity index (χ2n) is 5.93. The van der Waals surface area contributed by atoms with Crippen LogP contribution in [0.2, 0.25) is 0 Å². The first kappa shape index (κ1) is 14.5. The van der Waals surface area contributed by atoms with E-state index in [4.69, 9.17) is 4.74 Å². The van der Waals surface area contributed by atoms with E-state index in [-0.39, 0.29) is 0 Å². The summed E-state index contributed by atoms with van der Waals surface area (Å²) in [4.78, 5) is 11.9. The minimum Gasteiger partial charge on any atom is -0.478 e. The molecule has 1 aliphatic heterocycles. The van der Waals surface area contributed by atoms with Crippen molar-refractivity contribution in [2.24, 2.45) is 0 Å². The highest BCUT2D eigenvalue weighted by Crippen LogP contribution is 2.39. The highest BCUT2D eigenvalue weighted by molar-refractivity contribution is 5.92. The fraction of sp³-hybridized carbons (Fsp3) is 0.0952. The van der Waals surface area contributed by atoms with Gasteiger partial charge in [0.15, 0.2) is 0 Å². The van der Waals surface area contributed by atoms with Gasteiger partial charge in [-0.25, -0.2) is 4.79 Å². The molecule has 118 valence electrons. The van der Waals surface area contributed by atoms with Gasteiger partial charge < -0.3 is 9.84 Å². The van der Waals surface area contributed by atoms with E-state index < -0.39 is 5.97 Å². The van der Waals surface area contributed by atoms with E-state index in [0.717, 1.165) is 28.0 Å². The van der Waals surface area contributed by atoms with E-state index in [1.807, 2.05) is 66.7 Å². The smallest absolute Gasteiger partial charge is 0.336 e. The molecule has 0 radical (unpaired) electrons. The van der Waals surface area contributed by atoms with Gasteiger partial charge in [-0.3, -0.25) is 0 Å². The fourth-order valence-corrected chi connectivity index (χ4v) is 3.24. The Labute approximate surface area is 140 Å². The fourth-order valence-electron chi connectivity index (χ4n) is 3.24. The van der Waals surface area contributed by atoms with Crippen LogP contribution >= 0.6 is 0 Å². The molecular weight excluding hydrogens is 300 g/mol. The van der Waals surface area contributed by atoms with Gasteiger partial charge >= 0.3 is 5.97 Å². The maximum atomic E-state index is 11.9. The Balaban J connectivity index is 1.80. The molecule has 1 heterocycles. The molecule has 3 aromatic rings. The van der Waals surface area contributed by atoms with Crippen LogP contribution < -0.4 is 4.74 Å². The van der Waals surface area contributed by atoms with Crippen LogP contribution in [-0.2, 0) is 12.8 Å². The average molecular weight is 316 g/mol. The molecule has 24 heavy (non-hydrogen) atoms. The number of aromatic carboxylic acids is 1. The Morgan fingerprint density at radius 1 is 0.917 bits per heavy atom. The Morgan fingerprint density at radius 2 is 1.67 bits per heavy atom. The number of carboxylic acids is 1. The van der Waals surface area contributed by atoms with Crippen molar-refractivity contribution in [1.82, 2.24) is 0 Å². The van der Waals surface area contributed by atoms with E-state index in [2.05, 4.69) is 0 Å². The minimum absolute atomic E-state index is 0.367. The molecule has 1 aliphatic rings. The first-order valence-corrected chi connectivity index (χ1v) is 7.90. The Kier molecular flexibility index (Phi) is 3.54. The molecule has 3 nitrogen and oxygen atoms in total. The van der Waals surface area contributed by atoms with Crippen LogP contribution in [0.15, 0.2) is 66.7 Å². The van der Waals surface area contributed by atoms with Gasteiger partial charge in [0.05, 0.1) is 5.56 Å². The topological polar surface area (TPSA) is 46.5 Å². The third kappa shape index (κ3) is 2.54. The number of hydrogen-bond acceptors (Lipinski definition) is 2. The second kappa shape index (κ2) is 5.85. The molecule has 0 saturated carbocycles. The van der Waals surface area contributed by atoms with Gasteiger partial charge in [-0.1, -0.05) is 54.6 Å². The molecule has 0 amide bonds. The van der Waals surface area contributed by atoms with Crippen molar-refractivity contribution >= 4 is 5.97 Å². The van der Waals surface area contributed by atoms with Gasteiger partial charge in [0.2, 0.25) is 0 Å². The summed E-state index contributed by atoms with van der Waals surface area (Å²) >= 11 is 0. The van der Waals surface area contributed by atoms with Gasteiger partial charge in [0.1, 0.15) is 11.5 Å². The number of fused-ring (bicyclic) bond motifs is 2. The average Bonchev–Trinajstić information content (AvgIpc) is 2.60. The van der Waals surface area contributed by atoms with Crippen LogP contribution in [0.3, 0.4) is 0 Å². The van der Waals surface area contributed by atoms with Crippen molar-refractivity contribution in [2.75, 3.05) is 0 Å². The molecule has 0 unspecified atom stereocenters. The van der Waals surface area contributed by atoms with Crippen LogP contribution in [0.4, 0.5) is 0 Å². The lowest BCUT2D eigenvalue weighted by molar-refractivity contribution is 0.0694. The zero-order chi connectivity index (χ0) is 16.5. The van der Waals surface area contributed by atoms with Crippen molar-refractivity contribution in [3.8, 4) is 11.5 Å². The standard InChI is InChI=1S/C21H16O3/c22-21(23)20-16(12-14-6-2-1-3-7-14)10-11-19-17(20)13-15-8-4-5-9-18(15)24-19/h1-11H,12-13H2,(H,22,23). The summed E-state index contributed by atoms with van der Waals surface area (Å²) in [5.41, 5.74) is 4.05. The maximum absolute atomic E-state index is 11.9. The number of rotatable bonds is 3. The Hall–Kier alpha value is -3.07. The minimum atomic E-state index is -0.902. The van der Waals surface area contributed by atoms with Crippen molar-refractivity contribution in [1.29, 1.82) is 0 Å². The Morgan fingerprint density at radius 3 is 2.46 bits per heavy atom. The molecule has 0 aromatic heterocycles. The van der Waals surface area contributed by atoms with Gasteiger partial charge in [-0.2, -0.15) is 0 Å². The summed E-state index contributed by atoms with van der Waals surface area (Å²) in [6, 6.07) is 21.4. The normalized spacial score (nSPS) is 12.0. The lowest BCUT2D eigenvalue weighted by Crippen LogP contribution is -2.13. The third-order valence-corrected chi connectivity index (χ3v) is 4.37. The largest absolute Gasteiger partial charge is 0.478 e. The molecular formula is C21H16O3. The molecule has 4 rings (SSSR count). The van der Waals surface area contributed by atoms with Crippen molar-refractivity contribution in [2.45, 2.75) is 12.8 Å². The first-order valence-electron chi connectivity index (χ1n) is 7.90. The summed E-state index contributed by atoms with van der Waals surface area (Å²) < 4.78 is 5.91. The molecule has 3 aromatic carbocycles. The van der Waals surface area contributed by atoms with Crippen LogP contribution in [0.1, 0.15) is 32.6 Å². The number of para-hydroxylation sites is 1. The molecule has 0 bridgehead atoms. The third-order valence-electron chi connectivity index (χ3n) is 4.37. The quantitative estimate of drug-likeness (QED) is 0.597. The zero-order valence-corrected chi connectivity index (χ0v) is 13.0. The molecule has 0 aliphatic carbocycles. The molecule has 0 saturated heterocycles. The highest BCUT2D eigenvalue weighted by Gasteiger charge is 2.25. The second-order valence-corrected chi connectivity index (χ2v) is 5.93. The van der Waals surface area contributed by atoms with Crippen molar-refractivity contribution in [3.63, 3.8) is 0 Å². The number of carbonyl (C=O) groups is 1. The Bertz CT molecular complexity index is 914. The van der Waals surface area contributed by atoms with Crippen molar-refractivity contribution < 1.29 is 14.6 Å². The van der Waals surface area contributed by atoms with Gasteiger partial charge in [-0.15, -0.1) is 0 Å². The number of ether oxygens (including phenoxy) is 1. The van der Waals surface area contributed by atoms with E-state index in [0.29, 0.717) is 24.2 Å². The van der Waals surface area contributed by atoms with E-state index >= 15 is 0 Å². The summed E-state index contributed by atoms with van der Waals surface area (Å²) in [5.74, 6) is 0.542. The molecule has 1 N–H and O–H groups in total. The predicted octanol–water partition coefficient (Wildman–Crippen LogP) is 4.67. The van der Waals surface area contributed by atoms with Crippen LogP contribution in [0.25, 0.3) is 0 Å². The van der Waals surface area contributed by atoms with E-state index in [1.165, 1.54) is 0 Å². The van der Waals surface area contributed by atoms with Gasteiger partial charge in [-0.05, 0) is 35.2 Å². The lowest BCUT2D eigenvalue weighted by atomic mass is 9.90. The number of benzene rings is 3. The van der Waals surface area contributed by atoms with E-state index in [9.17, 15) is 9.90 Å². The molecule has 0 spiro atoms. The number of carboxylic acid groups (broad SMARTS) is 1. The van der Waals surface area contributed by atoms with E-state index in [1.54, 1.807) is 0 Å². The maximum Gasteiger partial charge on any atom is 0.336 e. The summed E-state index contributed by atoms with van der Waals surface area (Å²) in [6.07, 6.45) is 1.17. The lowest BCUT2D eigenvalue weighted by Gasteiger charge is -2.23. The molecule has 0 fully saturated rings. The monoisotopic (exact) mass is 316 g/mol. The summed E-state index contributed by atoms with van der Waals surface area (Å²) in [5, 5.41) is 9.79. The zero-order valence-electron chi connectivity index (χ0n) is 13.0. The predicted molar refractivity (Wildman–Crippen MR) is 92.0 cm³/mol. The van der Waals surface area contributed by atoms with Crippen molar-refractivity contribution in [3.05, 3.63) is 94.5 Å².